The minimum Gasteiger partial charge on any atom is -0.508 e. The number of phenolic OH excluding ortho intramolecular Hbond substituents is 4. The van der Waals surface area contributed by atoms with Crippen molar-refractivity contribution in [3.05, 3.63) is 44.4 Å². The van der Waals surface area contributed by atoms with Crippen LogP contribution in [0.1, 0.15) is 0 Å². The summed E-state index contributed by atoms with van der Waals surface area (Å²) in [6.07, 6.45) is 0. The highest BCUT2D eigenvalue weighted by Gasteiger charge is 2.05. The Bertz CT molecular complexity index is 529. The van der Waals surface area contributed by atoms with Gasteiger partial charge in [-0.15, -0.1) is 0 Å². The summed E-state index contributed by atoms with van der Waals surface area (Å²) in [4.78, 5) is 0. The molecular weight excluding hydrogens is 350 g/mol. The number of rotatable bonds is 0. The maximum atomic E-state index is 8.96. The van der Waals surface area contributed by atoms with E-state index in [4.69, 9.17) is 66.8 Å². The molecule has 2 aromatic rings. The molecule has 0 radical (unpaired) electrons. The summed E-state index contributed by atoms with van der Waals surface area (Å²) >= 11 is 21.7. The highest BCUT2D eigenvalue weighted by molar-refractivity contribution is 6.37. The second-order valence-corrected chi connectivity index (χ2v) is 5.14. The second-order valence-electron chi connectivity index (χ2n) is 3.52. The van der Waals surface area contributed by atoms with Gasteiger partial charge < -0.3 is 20.4 Å². The average Bonchev–Trinajstić information content (AvgIpc) is 2.33. The van der Waals surface area contributed by atoms with E-state index in [-0.39, 0.29) is 43.1 Å². The minimum atomic E-state index is -0.207. The first-order valence-electron chi connectivity index (χ1n) is 4.96. The molecule has 0 aliphatic rings. The maximum Gasteiger partial charge on any atom is 0.153 e. The largest absolute Gasteiger partial charge is 0.508 e. The summed E-state index contributed by atoms with van der Waals surface area (Å²) in [7, 11) is 0. The highest BCUT2D eigenvalue weighted by atomic mass is 35.5. The number of aromatic hydroxyl groups is 4. The van der Waals surface area contributed by atoms with Crippen LogP contribution in [0, 0.1) is 0 Å². The van der Waals surface area contributed by atoms with Gasteiger partial charge in [0, 0.05) is 24.3 Å². The van der Waals surface area contributed by atoms with Gasteiger partial charge in [0.15, 0.2) is 11.5 Å². The van der Waals surface area contributed by atoms with Gasteiger partial charge >= 0.3 is 0 Å². The van der Waals surface area contributed by atoms with E-state index in [1.54, 1.807) is 0 Å². The molecular formula is C12H8Cl4O4. The van der Waals surface area contributed by atoms with E-state index in [0.29, 0.717) is 0 Å². The minimum absolute atomic E-state index is 0.0463. The van der Waals surface area contributed by atoms with Crippen molar-refractivity contribution >= 4 is 46.4 Å². The lowest BCUT2D eigenvalue weighted by atomic mass is 10.3. The first-order valence-corrected chi connectivity index (χ1v) is 6.47. The van der Waals surface area contributed by atoms with Crippen LogP contribution in [0.5, 0.6) is 23.0 Å². The number of halogens is 4. The number of hydrogen-bond acceptors (Lipinski definition) is 4. The Hall–Kier alpha value is -1.20. The van der Waals surface area contributed by atoms with E-state index in [1.165, 1.54) is 24.3 Å². The van der Waals surface area contributed by atoms with Gasteiger partial charge in [0.1, 0.15) is 11.5 Å². The lowest BCUT2D eigenvalue weighted by Gasteiger charge is -1.98. The third-order valence-corrected chi connectivity index (χ3v) is 3.16. The van der Waals surface area contributed by atoms with Crippen molar-refractivity contribution in [3.63, 3.8) is 0 Å². The van der Waals surface area contributed by atoms with E-state index < -0.39 is 0 Å². The first kappa shape index (κ1) is 16.9. The van der Waals surface area contributed by atoms with Crippen LogP contribution < -0.4 is 0 Å². The van der Waals surface area contributed by atoms with E-state index >= 15 is 0 Å². The molecule has 4 N–H and O–H groups in total. The molecule has 0 fully saturated rings. The highest BCUT2D eigenvalue weighted by Crippen LogP contribution is 2.35. The standard InChI is InChI=1S/2C6H4Cl2O2/c2*7-4-1-3(9)2-5(8)6(4)10/h2*1-2,9-10H. The summed E-state index contributed by atoms with van der Waals surface area (Å²) in [5, 5.41) is 35.8. The van der Waals surface area contributed by atoms with Crippen molar-refractivity contribution in [3.8, 4) is 23.0 Å². The number of phenols is 4. The van der Waals surface area contributed by atoms with Crippen LogP contribution in [0.25, 0.3) is 0 Å². The molecule has 0 aliphatic heterocycles. The van der Waals surface area contributed by atoms with Crippen LogP contribution in [-0.2, 0) is 0 Å². The Morgan fingerprint density at radius 2 is 0.700 bits per heavy atom. The lowest BCUT2D eigenvalue weighted by molar-refractivity contribution is 0.460. The van der Waals surface area contributed by atoms with Gasteiger partial charge in [0.25, 0.3) is 0 Å². The van der Waals surface area contributed by atoms with Crippen molar-refractivity contribution in [2.75, 3.05) is 0 Å². The Balaban J connectivity index is 0.000000200. The molecule has 8 heteroatoms. The van der Waals surface area contributed by atoms with Crippen molar-refractivity contribution < 1.29 is 20.4 Å². The van der Waals surface area contributed by atoms with Gasteiger partial charge in [-0.1, -0.05) is 46.4 Å². The number of hydrogen-bond donors (Lipinski definition) is 4. The Kier molecular flexibility index (Phi) is 5.89. The molecule has 0 bridgehead atoms. The fourth-order valence-electron chi connectivity index (χ4n) is 1.10. The zero-order chi connectivity index (χ0) is 15.4. The molecule has 108 valence electrons. The monoisotopic (exact) mass is 356 g/mol. The molecule has 4 nitrogen and oxygen atoms in total. The topological polar surface area (TPSA) is 80.9 Å². The van der Waals surface area contributed by atoms with Crippen molar-refractivity contribution in [2.45, 2.75) is 0 Å². The van der Waals surface area contributed by atoms with Gasteiger partial charge in [-0.25, -0.2) is 0 Å². The molecule has 0 saturated heterocycles. The molecule has 20 heavy (non-hydrogen) atoms. The molecule has 0 amide bonds. The summed E-state index contributed by atoms with van der Waals surface area (Å²) in [5.74, 6) is -0.539. The summed E-state index contributed by atoms with van der Waals surface area (Å²) < 4.78 is 0. The van der Waals surface area contributed by atoms with Crippen LogP contribution in [-0.4, -0.2) is 20.4 Å². The van der Waals surface area contributed by atoms with E-state index in [1.807, 2.05) is 0 Å². The molecule has 0 unspecified atom stereocenters. The Labute approximate surface area is 134 Å². The normalized spacial score (nSPS) is 9.80. The first-order chi connectivity index (χ1) is 9.22. The summed E-state index contributed by atoms with van der Waals surface area (Å²) in [6.45, 7) is 0. The maximum absolute atomic E-state index is 8.96. The van der Waals surface area contributed by atoms with Crippen molar-refractivity contribution in [1.29, 1.82) is 0 Å². The molecule has 2 aromatic carbocycles. The fraction of sp³-hybridized carbons (Fsp3) is 0. The lowest BCUT2D eigenvalue weighted by Crippen LogP contribution is -1.70. The zero-order valence-electron chi connectivity index (χ0n) is 9.61. The number of benzene rings is 2. The van der Waals surface area contributed by atoms with Gasteiger partial charge in [-0.05, 0) is 0 Å². The van der Waals surface area contributed by atoms with Crippen LogP contribution in [0.2, 0.25) is 20.1 Å². The van der Waals surface area contributed by atoms with E-state index in [2.05, 4.69) is 0 Å². The van der Waals surface area contributed by atoms with Gasteiger partial charge in [-0.3, -0.25) is 0 Å². The average molecular weight is 358 g/mol. The van der Waals surface area contributed by atoms with Crippen LogP contribution in [0.4, 0.5) is 0 Å². The molecule has 0 spiro atoms. The summed E-state index contributed by atoms with van der Waals surface area (Å²) in [5.41, 5.74) is 0. The SMILES string of the molecule is Oc1cc(Cl)c(O)c(Cl)c1.Oc1cc(Cl)c(O)c(Cl)c1. The fourth-order valence-corrected chi connectivity index (χ4v) is 2.06. The van der Waals surface area contributed by atoms with Gasteiger partial charge in [-0.2, -0.15) is 0 Å². The third kappa shape index (κ3) is 4.42. The predicted octanol–water partition coefficient (Wildman–Crippen LogP) is 4.81. The predicted molar refractivity (Wildman–Crippen MR) is 79.6 cm³/mol. The zero-order valence-corrected chi connectivity index (χ0v) is 12.6. The second kappa shape index (κ2) is 6.99. The Morgan fingerprint density at radius 3 is 0.900 bits per heavy atom. The molecule has 0 aromatic heterocycles. The quantitative estimate of drug-likeness (QED) is 0.510. The summed E-state index contributed by atoms with van der Waals surface area (Å²) in [6, 6.07) is 4.84. The third-order valence-electron chi connectivity index (χ3n) is 2.00. The smallest absolute Gasteiger partial charge is 0.153 e. The molecule has 0 saturated carbocycles. The molecule has 2 rings (SSSR count). The van der Waals surface area contributed by atoms with Crippen molar-refractivity contribution in [1.82, 2.24) is 0 Å². The van der Waals surface area contributed by atoms with Crippen LogP contribution in [0.3, 0.4) is 0 Å². The van der Waals surface area contributed by atoms with Gasteiger partial charge in [0.05, 0.1) is 20.1 Å². The van der Waals surface area contributed by atoms with Crippen LogP contribution in [0.15, 0.2) is 24.3 Å². The Morgan fingerprint density at radius 1 is 0.500 bits per heavy atom. The van der Waals surface area contributed by atoms with Crippen LogP contribution >= 0.6 is 46.4 Å². The van der Waals surface area contributed by atoms with E-state index in [9.17, 15) is 0 Å². The molecule has 0 atom stereocenters. The van der Waals surface area contributed by atoms with Gasteiger partial charge in [0.2, 0.25) is 0 Å². The molecule has 0 aliphatic carbocycles. The molecule has 0 heterocycles. The van der Waals surface area contributed by atoms with Crippen molar-refractivity contribution in [2.24, 2.45) is 0 Å². The van der Waals surface area contributed by atoms with E-state index in [0.717, 1.165) is 0 Å².